The Bertz CT molecular complexity index is 1110. The van der Waals surface area contributed by atoms with Gasteiger partial charge in [0.05, 0.1) is 7.11 Å². The fourth-order valence-corrected chi connectivity index (χ4v) is 4.16. The smallest absolute Gasteiger partial charge is 0.196 e. The van der Waals surface area contributed by atoms with Crippen LogP contribution in [0.2, 0.25) is 5.02 Å². The Morgan fingerprint density at radius 1 is 1.00 bits per heavy atom. The minimum absolute atomic E-state index is 0.689. The van der Waals surface area contributed by atoms with Gasteiger partial charge in [-0.2, -0.15) is 0 Å². The number of aromatic nitrogens is 3. The maximum Gasteiger partial charge on any atom is 0.196 e. The minimum atomic E-state index is 0.689. The Balaban J connectivity index is 1.73. The Morgan fingerprint density at radius 2 is 1.76 bits per heavy atom. The lowest BCUT2D eigenvalue weighted by molar-refractivity contribution is 0.415. The lowest BCUT2D eigenvalue weighted by Crippen LogP contribution is -2.00. The van der Waals surface area contributed by atoms with E-state index in [1.807, 2.05) is 60.7 Å². The number of thioether (sulfide) groups is 1. The topological polar surface area (TPSA) is 39.9 Å². The van der Waals surface area contributed by atoms with Crippen molar-refractivity contribution in [2.45, 2.75) is 10.9 Å². The SMILES string of the molecule is COc1cccc(-c2nnc(SCc3ccc(Br)cc3)n2-c2ccc(Cl)cc2)c1. The molecule has 0 atom stereocenters. The van der Waals surface area contributed by atoms with E-state index in [0.29, 0.717) is 5.02 Å². The van der Waals surface area contributed by atoms with Gasteiger partial charge in [0.15, 0.2) is 11.0 Å². The van der Waals surface area contributed by atoms with E-state index in [-0.39, 0.29) is 0 Å². The zero-order valence-electron chi connectivity index (χ0n) is 15.5. The van der Waals surface area contributed by atoms with Crippen LogP contribution < -0.4 is 4.74 Å². The fraction of sp³-hybridized carbons (Fsp3) is 0.0909. The highest BCUT2D eigenvalue weighted by atomic mass is 79.9. The summed E-state index contributed by atoms with van der Waals surface area (Å²) in [5.74, 6) is 2.32. The molecule has 3 aromatic carbocycles. The molecule has 0 unspecified atom stereocenters. The van der Waals surface area contributed by atoms with Crippen molar-refractivity contribution in [3.63, 3.8) is 0 Å². The highest BCUT2D eigenvalue weighted by molar-refractivity contribution is 9.10. The number of hydrogen-bond donors (Lipinski definition) is 0. The van der Waals surface area contributed by atoms with Gasteiger partial charge >= 0.3 is 0 Å². The fourth-order valence-electron chi connectivity index (χ4n) is 2.86. The third-order valence-corrected chi connectivity index (χ3v) is 6.11. The molecule has 0 aliphatic rings. The average molecular weight is 487 g/mol. The number of ether oxygens (including phenoxy) is 1. The Hall–Kier alpha value is -2.28. The monoisotopic (exact) mass is 485 g/mol. The van der Waals surface area contributed by atoms with E-state index in [1.54, 1.807) is 18.9 Å². The molecule has 1 heterocycles. The molecule has 7 heteroatoms. The summed E-state index contributed by atoms with van der Waals surface area (Å²) in [6.07, 6.45) is 0. The van der Waals surface area contributed by atoms with Crippen LogP contribution in [0.3, 0.4) is 0 Å². The molecular weight excluding hydrogens is 470 g/mol. The average Bonchev–Trinajstić information content (AvgIpc) is 3.18. The summed E-state index contributed by atoms with van der Waals surface area (Å²) in [5, 5.41) is 10.5. The molecule has 1 aromatic heterocycles. The first-order valence-corrected chi connectivity index (χ1v) is 11.0. The van der Waals surface area contributed by atoms with Gasteiger partial charge in [0.1, 0.15) is 5.75 Å². The first-order chi connectivity index (χ1) is 14.1. The summed E-state index contributed by atoms with van der Waals surface area (Å²) in [5.41, 5.74) is 3.10. The van der Waals surface area contributed by atoms with Gasteiger partial charge < -0.3 is 4.74 Å². The predicted octanol–water partition coefficient (Wildman–Crippen LogP) is 6.65. The van der Waals surface area contributed by atoms with Gasteiger partial charge in [-0.05, 0) is 54.1 Å². The predicted molar refractivity (Wildman–Crippen MR) is 122 cm³/mol. The van der Waals surface area contributed by atoms with Crippen LogP contribution in [-0.4, -0.2) is 21.9 Å². The highest BCUT2D eigenvalue weighted by Gasteiger charge is 2.17. The largest absolute Gasteiger partial charge is 0.497 e. The summed E-state index contributed by atoms with van der Waals surface area (Å²) < 4.78 is 8.49. The second kappa shape index (κ2) is 9.03. The second-order valence-electron chi connectivity index (χ2n) is 6.27. The van der Waals surface area contributed by atoms with E-state index in [9.17, 15) is 0 Å². The van der Waals surface area contributed by atoms with E-state index in [1.165, 1.54) is 5.56 Å². The zero-order chi connectivity index (χ0) is 20.2. The number of rotatable bonds is 6. The molecule has 29 heavy (non-hydrogen) atoms. The lowest BCUT2D eigenvalue weighted by atomic mass is 10.2. The molecule has 0 saturated carbocycles. The van der Waals surface area contributed by atoms with Gasteiger partial charge in [0.25, 0.3) is 0 Å². The van der Waals surface area contributed by atoms with Gasteiger partial charge in [-0.15, -0.1) is 10.2 Å². The van der Waals surface area contributed by atoms with E-state index < -0.39 is 0 Å². The van der Waals surface area contributed by atoms with Crippen LogP contribution >= 0.6 is 39.3 Å². The van der Waals surface area contributed by atoms with Crippen molar-refractivity contribution in [2.24, 2.45) is 0 Å². The standard InChI is InChI=1S/C22H17BrClN3OS/c1-28-20-4-2-3-16(13-20)21-25-26-22(27(21)19-11-9-18(24)10-12-19)29-14-15-5-7-17(23)8-6-15/h2-13H,14H2,1H3. The van der Waals surface area contributed by atoms with E-state index >= 15 is 0 Å². The molecular formula is C22H17BrClN3OS. The summed E-state index contributed by atoms with van der Waals surface area (Å²) in [4.78, 5) is 0. The second-order valence-corrected chi connectivity index (χ2v) is 8.56. The minimum Gasteiger partial charge on any atom is -0.497 e. The first kappa shape index (κ1) is 20.0. The quantitative estimate of drug-likeness (QED) is 0.286. The number of halogens is 2. The molecule has 0 aliphatic heterocycles. The van der Waals surface area contributed by atoms with E-state index in [2.05, 4.69) is 42.8 Å². The third kappa shape index (κ3) is 4.66. The van der Waals surface area contributed by atoms with Crippen LogP contribution in [0.15, 0.2) is 82.4 Å². The summed E-state index contributed by atoms with van der Waals surface area (Å²) >= 11 is 11.2. The van der Waals surface area contributed by atoms with Crippen LogP contribution in [0.25, 0.3) is 17.1 Å². The van der Waals surface area contributed by atoms with Crippen molar-refractivity contribution in [3.8, 4) is 22.8 Å². The summed E-state index contributed by atoms with van der Waals surface area (Å²) in [7, 11) is 1.66. The Labute approximate surface area is 187 Å². The summed E-state index contributed by atoms with van der Waals surface area (Å²) in [6.45, 7) is 0. The molecule has 0 amide bonds. The van der Waals surface area contributed by atoms with Gasteiger partial charge in [0, 0.05) is 26.5 Å². The molecule has 0 bridgehead atoms. The Morgan fingerprint density at radius 3 is 2.48 bits per heavy atom. The maximum absolute atomic E-state index is 6.10. The number of nitrogens with zero attached hydrogens (tertiary/aromatic N) is 3. The number of benzene rings is 3. The Kier molecular flexibility index (Phi) is 6.23. The molecule has 0 spiro atoms. The normalized spacial score (nSPS) is 10.9. The van der Waals surface area contributed by atoms with Crippen LogP contribution in [-0.2, 0) is 5.75 Å². The van der Waals surface area contributed by atoms with Crippen molar-refractivity contribution in [2.75, 3.05) is 7.11 Å². The third-order valence-electron chi connectivity index (χ3n) is 4.33. The van der Waals surface area contributed by atoms with Gasteiger partial charge in [0.2, 0.25) is 0 Å². The molecule has 4 aromatic rings. The number of hydrogen-bond acceptors (Lipinski definition) is 4. The zero-order valence-corrected chi connectivity index (χ0v) is 18.7. The van der Waals surface area contributed by atoms with Crippen LogP contribution in [0, 0.1) is 0 Å². The molecule has 0 radical (unpaired) electrons. The van der Waals surface area contributed by atoms with Crippen molar-refractivity contribution in [1.29, 1.82) is 0 Å². The van der Waals surface area contributed by atoms with Crippen LogP contribution in [0.4, 0.5) is 0 Å². The summed E-state index contributed by atoms with van der Waals surface area (Å²) in [6, 6.07) is 23.8. The van der Waals surface area contributed by atoms with Crippen LogP contribution in [0.1, 0.15) is 5.56 Å². The maximum atomic E-state index is 6.10. The molecule has 4 nitrogen and oxygen atoms in total. The van der Waals surface area contributed by atoms with Crippen molar-refractivity contribution in [1.82, 2.24) is 14.8 Å². The molecule has 0 aliphatic carbocycles. The van der Waals surface area contributed by atoms with Crippen molar-refractivity contribution >= 4 is 39.3 Å². The molecule has 4 rings (SSSR count). The van der Waals surface area contributed by atoms with Gasteiger partial charge in [-0.3, -0.25) is 4.57 Å². The van der Waals surface area contributed by atoms with Gasteiger partial charge in [-0.1, -0.05) is 63.6 Å². The van der Waals surface area contributed by atoms with Gasteiger partial charge in [-0.25, -0.2) is 0 Å². The lowest BCUT2D eigenvalue weighted by Gasteiger charge is -2.11. The highest BCUT2D eigenvalue weighted by Crippen LogP contribution is 2.31. The van der Waals surface area contributed by atoms with Crippen LogP contribution in [0.5, 0.6) is 5.75 Å². The van der Waals surface area contributed by atoms with E-state index in [4.69, 9.17) is 16.3 Å². The van der Waals surface area contributed by atoms with E-state index in [0.717, 1.165) is 38.2 Å². The molecule has 146 valence electrons. The number of methoxy groups -OCH3 is 1. The first-order valence-electron chi connectivity index (χ1n) is 8.87. The molecule has 0 saturated heterocycles. The van der Waals surface area contributed by atoms with Crippen molar-refractivity contribution < 1.29 is 4.74 Å². The molecule has 0 fully saturated rings. The van der Waals surface area contributed by atoms with Crippen molar-refractivity contribution in [3.05, 3.63) is 87.9 Å². The molecule has 0 N–H and O–H groups in total.